The van der Waals surface area contributed by atoms with Gasteiger partial charge < -0.3 is 4.42 Å². The Bertz CT molecular complexity index is 3160. The molecule has 0 aliphatic heterocycles. The molecule has 1 aliphatic rings. The zero-order valence-electron chi connectivity index (χ0n) is 31.0. The maximum atomic E-state index is 6.51. The zero-order chi connectivity index (χ0) is 37.4. The van der Waals surface area contributed by atoms with Gasteiger partial charge in [-0.15, -0.1) is 0 Å². The summed E-state index contributed by atoms with van der Waals surface area (Å²) in [5.74, 6) is 1.82. The second-order valence-electron chi connectivity index (χ2n) is 15.2. The molecule has 4 heteroatoms. The van der Waals surface area contributed by atoms with Crippen LogP contribution < -0.4 is 0 Å². The van der Waals surface area contributed by atoms with E-state index in [1.165, 1.54) is 27.6 Å². The van der Waals surface area contributed by atoms with Gasteiger partial charge in [-0.1, -0.05) is 153 Å². The van der Waals surface area contributed by atoms with Crippen molar-refractivity contribution in [2.24, 2.45) is 0 Å². The predicted molar refractivity (Wildman–Crippen MR) is 229 cm³/mol. The molecule has 10 aromatic rings. The van der Waals surface area contributed by atoms with Gasteiger partial charge in [-0.25, -0.2) is 15.0 Å². The first-order chi connectivity index (χ1) is 27.5. The molecule has 0 atom stereocenters. The number of nitrogens with zero attached hydrogens (tertiary/aromatic N) is 3. The maximum Gasteiger partial charge on any atom is 0.164 e. The van der Waals surface area contributed by atoms with Gasteiger partial charge in [0.05, 0.1) is 0 Å². The van der Waals surface area contributed by atoms with Gasteiger partial charge in [-0.2, -0.15) is 0 Å². The molecule has 2 heterocycles. The van der Waals surface area contributed by atoms with Crippen LogP contribution in [-0.2, 0) is 5.41 Å². The molecular weight excluding hydrogens is 683 g/mol. The Morgan fingerprint density at radius 1 is 0.375 bits per heavy atom. The van der Waals surface area contributed by atoms with Crippen LogP contribution in [0.1, 0.15) is 25.0 Å². The first-order valence-corrected chi connectivity index (χ1v) is 19.1. The topological polar surface area (TPSA) is 51.8 Å². The van der Waals surface area contributed by atoms with Crippen LogP contribution in [0.2, 0.25) is 0 Å². The molecule has 11 rings (SSSR count). The molecule has 1 aliphatic carbocycles. The summed E-state index contributed by atoms with van der Waals surface area (Å²) in [6, 6.07) is 62.0. The number of hydrogen-bond acceptors (Lipinski definition) is 4. The van der Waals surface area contributed by atoms with Crippen molar-refractivity contribution >= 4 is 32.7 Å². The Morgan fingerprint density at radius 2 is 1.00 bits per heavy atom. The van der Waals surface area contributed by atoms with Crippen molar-refractivity contribution < 1.29 is 4.42 Å². The maximum absolute atomic E-state index is 6.51. The normalized spacial score (nSPS) is 13.0. The number of hydrogen-bond donors (Lipinski definition) is 0. The third-order valence-electron chi connectivity index (χ3n) is 11.5. The minimum Gasteiger partial charge on any atom is -0.456 e. The standard InChI is InChI=1S/C52H35N3O/c1-52(2)44-22-12-11-20-40(44)43-29-35(25-27-45(43)52)42-30-37(28-34-18-9-10-19-38(34)42)51-54-49(33-16-7-4-8-17-33)53-50(55-51)36-24-26-41-47(31-36)56-46-23-13-21-39(48(41)46)32-14-5-3-6-15-32/h3-31H,1-2H3. The van der Waals surface area contributed by atoms with E-state index in [9.17, 15) is 0 Å². The summed E-state index contributed by atoms with van der Waals surface area (Å²) in [4.78, 5) is 15.4. The Hall–Kier alpha value is -7.17. The molecule has 0 amide bonds. The summed E-state index contributed by atoms with van der Waals surface area (Å²) < 4.78 is 6.51. The van der Waals surface area contributed by atoms with E-state index in [1.54, 1.807) is 0 Å². The summed E-state index contributed by atoms with van der Waals surface area (Å²) in [7, 11) is 0. The van der Waals surface area contributed by atoms with Crippen LogP contribution in [0.5, 0.6) is 0 Å². The van der Waals surface area contributed by atoms with Gasteiger partial charge in [-0.3, -0.25) is 0 Å². The molecule has 0 unspecified atom stereocenters. The lowest BCUT2D eigenvalue weighted by molar-refractivity contribution is 0.660. The Kier molecular flexibility index (Phi) is 7.17. The van der Waals surface area contributed by atoms with Crippen LogP contribution in [0.3, 0.4) is 0 Å². The van der Waals surface area contributed by atoms with Crippen LogP contribution in [0.15, 0.2) is 180 Å². The fraction of sp³-hybridized carbons (Fsp3) is 0.0577. The fourth-order valence-corrected chi connectivity index (χ4v) is 8.74. The van der Waals surface area contributed by atoms with E-state index in [0.29, 0.717) is 17.5 Å². The molecule has 56 heavy (non-hydrogen) atoms. The highest BCUT2D eigenvalue weighted by Gasteiger charge is 2.35. The van der Waals surface area contributed by atoms with Crippen LogP contribution in [0, 0.1) is 0 Å². The van der Waals surface area contributed by atoms with E-state index in [2.05, 4.69) is 147 Å². The summed E-state index contributed by atoms with van der Waals surface area (Å²) in [6.07, 6.45) is 0. The zero-order valence-corrected chi connectivity index (χ0v) is 31.0. The van der Waals surface area contributed by atoms with Crippen molar-refractivity contribution in [1.82, 2.24) is 15.0 Å². The molecule has 4 nitrogen and oxygen atoms in total. The third-order valence-corrected chi connectivity index (χ3v) is 11.5. The van der Waals surface area contributed by atoms with Gasteiger partial charge in [0, 0.05) is 32.9 Å². The minimum absolute atomic E-state index is 0.0565. The highest BCUT2D eigenvalue weighted by Crippen LogP contribution is 2.50. The molecule has 264 valence electrons. The Balaban J connectivity index is 1.09. The van der Waals surface area contributed by atoms with Gasteiger partial charge in [-0.05, 0) is 91.7 Å². The van der Waals surface area contributed by atoms with E-state index < -0.39 is 0 Å². The molecule has 0 radical (unpaired) electrons. The lowest BCUT2D eigenvalue weighted by atomic mass is 9.82. The molecule has 0 N–H and O–H groups in total. The van der Waals surface area contributed by atoms with Gasteiger partial charge in [0.15, 0.2) is 17.5 Å². The SMILES string of the molecule is CC1(C)c2ccccc2-c2cc(-c3cc(-c4nc(-c5ccccc5)nc(-c5ccc6c(c5)oc5cccc(-c7ccccc7)c56)n4)cc4ccccc34)ccc21. The van der Waals surface area contributed by atoms with Crippen molar-refractivity contribution in [3.8, 4) is 67.5 Å². The van der Waals surface area contributed by atoms with Crippen molar-refractivity contribution in [3.63, 3.8) is 0 Å². The molecule has 8 aromatic carbocycles. The van der Waals surface area contributed by atoms with E-state index in [-0.39, 0.29) is 5.41 Å². The van der Waals surface area contributed by atoms with Crippen molar-refractivity contribution in [1.29, 1.82) is 0 Å². The largest absolute Gasteiger partial charge is 0.456 e. The van der Waals surface area contributed by atoms with E-state index in [0.717, 1.165) is 66.3 Å². The van der Waals surface area contributed by atoms with Crippen molar-refractivity contribution in [2.75, 3.05) is 0 Å². The quantitative estimate of drug-likeness (QED) is 0.178. The van der Waals surface area contributed by atoms with Crippen LogP contribution in [-0.4, -0.2) is 15.0 Å². The highest BCUT2D eigenvalue weighted by atomic mass is 16.3. The summed E-state index contributed by atoms with van der Waals surface area (Å²) in [5.41, 5.74) is 14.2. The van der Waals surface area contributed by atoms with Gasteiger partial charge in [0.1, 0.15) is 11.2 Å². The van der Waals surface area contributed by atoms with Gasteiger partial charge in [0.25, 0.3) is 0 Å². The number of rotatable bonds is 5. The van der Waals surface area contributed by atoms with E-state index in [4.69, 9.17) is 19.4 Å². The smallest absolute Gasteiger partial charge is 0.164 e. The van der Waals surface area contributed by atoms with Gasteiger partial charge >= 0.3 is 0 Å². The molecule has 0 saturated heterocycles. The van der Waals surface area contributed by atoms with Gasteiger partial charge in [0.2, 0.25) is 0 Å². The van der Waals surface area contributed by atoms with E-state index >= 15 is 0 Å². The van der Waals surface area contributed by atoms with Crippen LogP contribution in [0.4, 0.5) is 0 Å². The van der Waals surface area contributed by atoms with Crippen LogP contribution in [0.25, 0.3) is 100 Å². The predicted octanol–water partition coefficient (Wildman–Crippen LogP) is 13.6. The van der Waals surface area contributed by atoms with Crippen molar-refractivity contribution in [3.05, 3.63) is 187 Å². The first kappa shape index (κ1) is 32.3. The third kappa shape index (κ3) is 5.10. The van der Waals surface area contributed by atoms with Crippen molar-refractivity contribution in [2.45, 2.75) is 19.3 Å². The molecular formula is C52H35N3O. The molecule has 2 aromatic heterocycles. The lowest BCUT2D eigenvalue weighted by Crippen LogP contribution is -2.14. The fourth-order valence-electron chi connectivity index (χ4n) is 8.74. The second-order valence-corrected chi connectivity index (χ2v) is 15.2. The average molecular weight is 718 g/mol. The molecule has 0 saturated carbocycles. The molecule has 0 fully saturated rings. The number of aromatic nitrogens is 3. The molecule has 0 bridgehead atoms. The summed E-state index contributed by atoms with van der Waals surface area (Å²) in [6.45, 7) is 4.65. The highest BCUT2D eigenvalue weighted by molar-refractivity contribution is 6.13. The Morgan fingerprint density at radius 3 is 1.82 bits per heavy atom. The number of furan rings is 1. The monoisotopic (exact) mass is 717 g/mol. The minimum atomic E-state index is -0.0565. The Labute approximate surface area is 324 Å². The lowest BCUT2D eigenvalue weighted by Gasteiger charge is -2.21. The second kappa shape index (κ2) is 12.4. The van der Waals surface area contributed by atoms with Crippen LogP contribution >= 0.6 is 0 Å². The number of fused-ring (bicyclic) bond motifs is 7. The first-order valence-electron chi connectivity index (χ1n) is 19.1. The average Bonchev–Trinajstić information content (AvgIpc) is 3.75. The number of benzene rings is 8. The molecule has 0 spiro atoms. The summed E-state index contributed by atoms with van der Waals surface area (Å²) >= 11 is 0. The summed E-state index contributed by atoms with van der Waals surface area (Å²) in [5, 5.41) is 4.47. The van der Waals surface area contributed by atoms with E-state index in [1.807, 2.05) is 42.5 Å².